The molecule has 9 heteroatoms. The number of carbonyl (C=O) groups is 2. The van der Waals surface area contributed by atoms with Gasteiger partial charge in [-0.15, -0.1) is 0 Å². The molecule has 0 aliphatic carbocycles. The average molecular weight is 448 g/mol. The van der Waals surface area contributed by atoms with E-state index < -0.39 is 33.7 Å². The first-order valence-corrected chi connectivity index (χ1v) is 11.6. The van der Waals surface area contributed by atoms with Gasteiger partial charge in [0.1, 0.15) is 11.9 Å². The quantitative estimate of drug-likeness (QED) is 0.702. The Morgan fingerprint density at radius 1 is 1.13 bits per heavy atom. The Kier molecular flexibility index (Phi) is 7.07. The number of benzene rings is 2. The van der Waals surface area contributed by atoms with Gasteiger partial charge in [-0.3, -0.25) is 9.59 Å². The molecule has 1 aliphatic rings. The fourth-order valence-corrected chi connectivity index (χ4v) is 5.49. The normalized spacial score (nSPS) is 16.6. The fraction of sp³-hybridized carbons (Fsp3) is 0.364. The minimum absolute atomic E-state index is 0.0876. The number of likely N-dealkylation sites (N-methyl/N-ethyl adjacent to an activating group) is 1. The lowest BCUT2D eigenvalue weighted by Crippen LogP contribution is -2.46. The molecule has 2 N–H and O–H groups in total. The summed E-state index contributed by atoms with van der Waals surface area (Å²) in [4.78, 5) is 26.3. The molecule has 2 amide bonds. The molecule has 0 radical (unpaired) electrons. The molecule has 0 saturated carbocycles. The van der Waals surface area contributed by atoms with Crippen LogP contribution in [0.3, 0.4) is 0 Å². The summed E-state index contributed by atoms with van der Waals surface area (Å²) in [7, 11) is -2.03. The lowest BCUT2D eigenvalue weighted by molar-refractivity contribution is -0.142. The molecule has 0 aromatic heterocycles. The highest BCUT2D eigenvalue weighted by Gasteiger charge is 2.35. The van der Waals surface area contributed by atoms with E-state index in [2.05, 4.69) is 0 Å². The van der Waals surface area contributed by atoms with E-state index in [0.29, 0.717) is 24.0 Å². The van der Waals surface area contributed by atoms with Gasteiger partial charge >= 0.3 is 0 Å². The minimum Gasteiger partial charge on any atom is -0.368 e. The molecule has 1 saturated heterocycles. The highest BCUT2D eigenvalue weighted by molar-refractivity contribution is 7.88. The van der Waals surface area contributed by atoms with Gasteiger partial charge in [-0.05, 0) is 36.1 Å². The van der Waals surface area contributed by atoms with Crippen LogP contribution in [0.5, 0.6) is 0 Å². The second-order valence-electron chi connectivity index (χ2n) is 7.72. The number of sulfonamides is 1. The van der Waals surface area contributed by atoms with Crippen molar-refractivity contribution in [2.45, 2.75) is 24.6 Å². The largest absolute Gasteiger partial charge is 0.368 e. The van der Waals surface area contributed by atoms with Gasteiger partial charge in [0.25, 0.3) is 0 Å². The number of amides is 2. The van der Waals surface area contributed by atoms with Crippen molar-refractivity contribution in [2.24, 2.45) is 11.7 Å². The molecule has 1 atom stereocenters. The van der Waals surface area contributed by atoms with Crippen LogP contribution >= 0.6 is 0 Å². The highest BCUT2D eigenvalue weighted by Crippen LogP contribution is 2.27. The zero-order chi connectivity index (χ0) is 22.6. The van der Waals surface area contributed by atoms with Crippen LogP contribution in [0.15, 0.2) is 54.6 Å². The van der Waals surface area contributed by atoms with Crippen LogP contribution in [0, 0.1) is 11.7 Å². The lowest BCUT2D eigenvalue weighted by Gasteiger charge is -2.34. The monoisotopic (exact) mass is 447 g/mol. The first kappa shape index (κ1) is 22.9. The average Bonchev–Trinajstić information content (AvgIpc) is 2.73. The van der Waals surface area contributed by atoms with Crippen LogP contribution in [0.4, 0.5) is 4.39 Å². The third kappa shape index (κ3) is 5.48. The molecule has 1 fully saturated rings. The zero-order valence-electron chi connectivity index (χ0n) is 17.3. The summed E-state index contributed by atoms with van der Waals surface area (Å²) in [5, 5.41) is 0. The van der Waals surface area contributed by atoms with Gasteiger partial charge in [0.05, 0.1) is 5.75 Å². The lowest BCUT2D eigenvalue weighted by atomic mass is 9.95. The Hall–Kier alpha value is -2.78. The van der Waals surface area contributed by atoms with Gasteiger partial charge < -0.3 is 10.6 Å². The topological polar surface area (TPSA) is 101 Å². The van der Waals surface area contributed by atoms with Crippen LogP contribution in [0.25, 0.3) is 0 Å². The number of nitrogens with zero attached hydrogens (tertiary/aromatic N) is 2. The minimum atomic E-state index is -3.49. The Morgan fingerprint density at radius 3 is 2.35 bits per heavy atom. The van der Waals surface area contributed by atoms with Gasteiger partial charge in [0, 0.05) is 26.1 Å². The third-order valence-electron chi connectivity index (χ3n) is 5.56. The highest BCUT2D eigenvalue weighted by atomic mass is 32.2. The van der Waals surface area contributed by atoms with Crippen molar-refractivity contribution in [1.82, 2.24) is 9.21 Å². The first-order valence-electron chi connectivity index (χ1n) is 10.0. The fourth-order valence-electron chi connectivity index (χ4n) is 3.93. The maximum Gasteiger partial charge on any atom is 0.244 e. The Balaban J connectivity index is 1.65. The van der Waals surface area contributed by atoms with Crippen molar-refractivity contribution in [3.63, 3.8) is 0 Å². The molecule has 31 heavy (non-hydrogen) atoms. The molecular weight excluding hydrogens is 421 g/mol. The van der Waals surface area contributed by atoms with Gasteiger partial charge in [-0.1, -0.05) is 42.5 Å². The van der Waals surface area contributed by atoms with E-state index in [1.54, 1.807) is 30.3 Å². The maximum atomic E-state index is 13.6. The van der Waals surface area contributed by atoms with E-state index in [4.69, 9.17) is 5.73 Å². The van der Waals surface area contributed by atoms with Crippen molar-refractivity contribution in [1.29, 1.82) is 0 Å². The van der Waals surface area contributed by atoms with E-state index in [1.807, 2.05) is 6.07 Å². The second kappa shape index (κ2) is 9.57. The van der Waals surface area contributed by atoms with Crippen molar-refractivity contribution < 1.29 is 22.4 Å². The van der Waals surface area contributed by atoms with Crippen molar-refractivity contribution >= 4 is 21.8 Å². The molecule has 1 aliphatic heterocycles. The summed E-state index contributed by atoms with van der Waals surface area (Å²) in [5.41, 5.74) is 6.50. The predicted octanol–water partition coefficient (Wildman–Crippen LogP) is 2.05. The van der Waals surface area contributed by atoms with Gasteiger partial charge in [0.2, 0.25) is 21.8 Å². The molecule has 7 nitrogen and oxygen atoms in total. The number of halogens is 1. The third-order valence-corrected chi connectivity index (χ3v) is 7.41. The summed E-state index contributed by atoms with van der Waals surface area (Å²) in [6.45, 7) is 0.446. The van der Waals surface area contributed by atoms with Crippen LogP contribution in [-0.2, 0) is 25.4 Å². The number of rotatable bonds is 7. The van der Waals surface area contributed by atoms with E-state index in [9.17, 15) is 22.4 Å². The molecule has 1 heterocycles. The Bertz CT molecular complexity index is 1040. The summed E-state index contributed by atoms with van der Waals surface area (Å²) in [5.74, 6) is -2.13. The molecule has 166 valence electrons. The van der Waals surface area contributed by atoms with E-state index >= 15 is 0 Å². The molecular formula is C22H26FN3O4S. The number of carbonyl (C=O) groups excluding carboxylic acids is 2. The predicted molar refractivity (Wildman–Crippen MR) is 114 cm³/mol. The number of nitrogens with two attached hydrogens (primary N) is 1. The van der Waals surface area contributed by atoms with Crippen LogP contribution < -0.4 is 5.73 Å². The number of piperidine rings is 1. The van der Waals surface area contributed by atoms with Crippen LogP contribution in [0.2, 0.25) is 0 Å². The maximum absolute atomic E-state index is 13.6. The molecule has 0 bridgehead atoms. The van der Waals surface area contributed by atoms with Crippen molar-refractivity contribution in [3.05, 3.63) is 71.5 Å². The molecule has 1 unspecified atom stereocenters. The zero-order valence-corrected chi connectivity index (χ0v) is 18.1. The van der Waals surface area contributed by atoms with Crippen molar-refractivity contribution in [2.75, 3.05) is 20.1 Å². The van der Waals surface area contributed by atoms with Crippen LogP contribution in [-0.4, -0.2) is 49.6 Å². The van der Waals surface area contributed by atoms with E-state index in [1.165, 1.54) is 34.5 Å². The molecule has 0 spiro atoms. The number of hydrogen-bond acceptors (Lipinski definition) is 4. The second-order valence-corrected chi connectivity index (χ2v) is 9.69. The molecule has 3 rings (SSSR count). The van der Waals surface area contributed by atoms with Gasteiger partial charge in [-0.25, -0.2) is 17.1 Å². The van der Waals surface area contributed by atoms with Crippen LogP contribution in [0.1, 0.15) is 30.0 Å². The summed E-state index contributed by atoms with van der Waals surface area (Å²) >= 11 is 0. The Morgan fingerprint density at radius 2 is 1.77 bits per heavy atom. The SMILES string of the molecule is CN(C(=O)C1CCN(S(=O)(=O)Cc2ccccc2)CC1)C(C(N)=O)c1cccc(F)c1. The van der Waals surface area contributed by atoms with Gasteiger partial charge in [0.15, 0.2) is 0 Å². The standard InChI is InChI=1S/C22H26FN3O4S/c1-25(20(21(24)27)18-8-5-9-19(23)14-18)22(28)17-10-12-26(13-11-17)31(29,30)15-16-6-3-2-4-7-16/h2-9,14,17,20H,10-13,15H2,1H3,(H2,24,27). The summed E-state index contributed by atoms with van der Waals surface area (Å²) < 4.78 is 40.4. The number of hydrogen-bond donors (Lipinski definition) is 1. The smallest absolute Gasteiger partial charge is 0.244 e. The van der Waals surface area contributed by atoms with E-state index in [0.717, 1.165) is 0 Å². The van der Waals surface area contributed by atoms with Gasteiger partial charge in [-0.2, -0.15) is 0 Å². The number of primary amides is 1. The molecule has 2 aromatic rings. The summed E-state index contributed by atoms with van der Waals surface area (Å²) in [6, 6.07) is 13.3. The molecule has 2 aromatic carbocycles. The first-order chi connectivity index (χ1) is 14.7. The van der Waals surface area contributed by atoms with Crippen molar-refractivity contribution in [3.8, 4) is 0 Å². The van der Waals surface area contributed by atoms with E-state index in [-0.39, 0.29) is 24.7 Å². The Labute approximate surface area is 181 Å². The summed E-state index contributed by atoms with van der Waals surface area (Å²) in [6.07, 6.45) is 0.678.